The van der Waals surface area contributed by atoms with Gasteiger partial charge in [0, 0.05) is 30.6 Å². The Labute approximate surface area is 173 Å². The molecule has 1 saturated heterocycles. The molecule has 2 heterocycles. The fraction of sp³-hybridized carbons (Fsp3) is 0.400. The van der Waals surface area contributed by atoms with Gasteiger partial charge >= 0.3 is 5.97 Å². The van der Waals surface area contributed by atoms with E-state index >= 15 is 0 Å². The van der Waals surface area contributed by atoms with E-state index in [1.165, 1.54) is 11.3 Å². The molecule has 1 fully saturated rings. The third-order valence-electron chi connectivity index (χ3n) is 4.45. The number of hydrogen-bond donors (Lipinski definition) is 1. The van der Waals surface area contributed by atoms with E-state index < -0.39 is 11.9 Å². The van der Waals surface area contributed by atoms with Gasteiger partial charge in [0.05, 0.1) is 23.8 Å². The Hall–Kier alpha value is -2.78. The van der Waals surface area contributed by atoms with E-state index in [4.69, 9.17) is 4.74 Å². The first kappa shape index (κ1) is 20.9. The summed E-state index contributed by atoms with van der Waals surface area (Å²) in [5.41, 5.74) is 1.97. The van der Waals surface area contributed by atoms with Crippen molar-refractivity contribution in [2.75, 3.05) is 37.5 Å². The predicted molar refractivity (Wildman–Crippen MR) is 111 cm³/mol. The maximum absolute atomic E-state index is 12.6. The van der Waals surface area contributed by atoms with E-state index in [0.29, 0.717) is 36.1 Å². The van der Waals surface area contributed by atoms with Crippen molar-refractivity contribution in [3.05, 3.63) is 40.9 Å². The second-order valence-electron chi connectivity index (χ2n) is 7.04. The average Bonchev–Trinajstić information content (AvgIpc) is 3.28. The van der Waals surface area contributed by atoms with E-state index in [2.05, 4.69) is 10.3 Å². The highest BCUT2D eigenvalue weighted by Gasteiger charge is 2.35. The van der Waals surface area contributed by atoms with E-state index in [0.717, 1.165) is 5.69 Å². The van der Waals surface area contributed by atoms with Gasteiger partial charge in [-0.2, -0.15) is 0 Å². The van der Waals surface area contributed by atoms with Crippen LogP contribution in [0.15, 0.2) is 29.6 Å². The Kier molecular flexibility index (Phi) is 6.60. The number of rotatable bonds is 7. The molecule has 1 aromatic carbocycles. The first-order valence-corrected chi connectivity index (χ1v) is 10.2. The first-order chi connectivity index (χ1) is 13.9. The summed E-state index contributed by atoms with van der Waals surface area (Å²) in [6.45, 7) is 3.04. The summed E-state index contributed by atoms with van der Waals surface area (Å²) in [5.74, 6) is -1.19. The van der Waals surface area contributed by atoms with Crippen molar-refractivity contribution in [1.82, 2.24) is 9.88 Å². The topological polar surface area (TPSA) is 91.8 Å². The van der Waals surface area contributed by atoms with Crippen molar-refractivity contribution in [1.29, 1.82) is 0 Å². The number of anilines is 2. The highest BCUT2D eigenvalue weighted by Crippen LogP contribution is 2.27. The molecule has 2 aromatic rings. The molecule has 154 valence electrons. The second-order valence-corrected chi connectivity index (χ2v) is 7.90. The molecular weight excluding hydrogens is 392 g/mol. The van der Waals surface area contributed by atoms with Crippen molar-refractivity contribution in [2.24, 2.45) is 5.92 Å². The predicted octanol–water partition coefficient (Wildman–Crippen LogP) is 2.37. The molecule has 1 aromatic heterocycles. The van der Waals surface area contributed by atoms with Gasteiger partial charge in [-0.05, 0) is 45.3 Å². The number of aromatic nitrogens is 1. The molecule has 0 spiro atoms. The standard InChI is InChI=1S/C20H24N4O4S/c1-4-28-19(27)13-5-7-16(8-6-13)24-10-14(9-17(24)25)18(26)22-20-21-15(12-29-20)11-23(2)3/h5-8,12,14H,4,9-11H2,1-3H3,(H,21,22,26). The summed E-state index contributed by atoms with van der Waals surface area (Å²) in [5, 5.41) is 5.27. The van der Waals surface area contributed by atoms with Gasteiger partial charge in [0.25, 0.3) is 0 Å². The van der Waals surface area contributed by atoms with Crippen LogP contribution in [0.4, 0.5) is 10.8 Å². The molecule has 1 N–H and O–H groups in total. The Balaban J connectivity index is 1.61. The number of hydrogen-bond acceptors (Lipinski definition) is 7. The van der Waals surface area contributed by atoms with Gasteiger partial charge in [-0.3, -0.25) is 9.59 Å². The fourth-order valence-electron chi connectivity index (χ4n) is 3.09. The monoisotopic (exact) mass is 416 g/mol. The average molecular weight is 417 g/mol. The van der Waals surface area contributed by atoms with Crippen LogP contribution in [-0.2, 0) is 20.9 Å². The zero-order valence-corrected chi connectivity index (χ0v) is 17.5. The number of amides is 2. The molecule has 0 radical (unpaired) electrons. The number of carbonyl (C=O) groups excluding carboxylic acids is 3. The van der Waals surface area contributed by atoms with Crippen LogP contribution in [0.1, 0.15) is 29.4 Å². The number of nitrogens with zero attached hydrogens (tertiary/aromatic N) is 3. The largest absolute Gasteiger partial charge is 0.462 e. The lowest BCUT2D eigenvalue weighted by molar-refractivity contribution is -0.122. The van der Waals surface area contributed by atoms with Crippen molar-refractivity contribution in [2.45, 2.75) is 19.9 Å². The van der Waals surface area contributed by atoms with Crippen LogP contribution in [0.5, 0.6) is 0 Å². The number of benzene rings is 1. The molecule has 2 amide bonds. The maximum Gasteiger partial charge on any atom is 0.338 e. The molecule has 1 aliphatic heterocycles. The molecule has 0 saturated carbocycles. The fourth-order valence-corrected chi connectivity index (χ4v) is 3.80. The smallest absolute Gasteiger partial charge is 0.338 e. The molecule has 3 rings (SSSR count). The minimum atomic E-state index is -0.451. The highest BCUT2D eigenvalue weighted by molar-refractivity contribution is 7.13. The van der Waals surface area contributed by atoms with E-state index in [-0.39, 0.29) is 18.2 Å². The van der Waals surface area contributed by atoms with Gasteiger partial charge in [-0.1, -0.05) is 0 Å². The highest BCUT2D eigenvalue weighted by atomic mass is 32.1. The normalized spacial score (nSPS) is 16.3. The van der Waals surface area contributed by atoms with Gasteiger partial charge in [0.2, 0.25) is 11.8 Å². The summed E-state index contributed by atoms with van der Waals surface area (Å²) in [6, 6.07) is 6.63. The lowest BCUT2D eigenvalue weighted by Crippen LogP contribution is -2.28. The van der Waals surface area contributed by atoms with E-state index in [1.807, 2.05) is 24.4 Å². The summed E-state index contributed by atoms with van der Waals surface area (Å²) in [6.07, 6.45) is 0.140. The molecular formula is C20H24N4O4S. The number of thiazole rings is 1. The first-order valence-electron chi connectivity index (χ1n) is 9.35. The van der Waals surface area contributed by atoms with Gasteiger partial charge in [0.15, 0.2) is 5.13 Å². The third kappa shape index (κ3) is 5.18. The number of nitrogens with one attached hydrogen (secondary N) is 1. The quantitative estimate of drug-likeness (QED) is 0.697. The van der Waals surface area contributed by atoms with Gasteiger partial charge < -0.3 is 19.9 Å². The Bertz CT molecular complexity index is 894. The van der Waals surface area contributed by atoms with Crippen LogP contribution in [0.2, 0.25) is 0 Å². The molecule has 1 atom stereocenters. The summed E-state index contributed by atoms with van der Waals surface area (Å²) < 4.78 is 4.96. The van der Waals surface area contributed by atoms with Gasteiger partial charge in [-0.25, -0.2) is 9.78 Å². The summed E-state index contributed by atoms with van der Waals surface area (Å²) >= 11 is 1.37. The molecule has 0 bridgehead atoms. The Morgan fingerprint density at radius 1 is 1.31 bits per heavy atom. The van der Waals surface area contributed by atoms with Crippen LogP contribution in [-0.4, -0.2) is 54.9 Å². The van der Waals surface area contributed by atoms with Gasteiger partial charge in [0.1, 0.15) is 0 Å². The van der Waals surface area contributed by atoms with E-state index in [9.17, 15) is 14.4 Å². The number of carbonyl (C=O) groups is 3. The van der Waals surface area contributed by atoms with Crippen LogP contribution in [0.3, 0.4) is 0 Å². The summed E-state index contributed by atoms with van der Waals surface area (Å²) in [7, 11) is 3.91. The molecule has 9 heteroatoms. The molecule has 0 aliphatic carbocycles. The molecule has 8 nitrogen and oxygen atoms in total. The lowest BCUT2D eigenvalue weighted by atomic mass is 10.1. The van der Waals surface area contributed by atoms with Crippen LogP contribution in [0, 0.1) is 5.92 Å². The Morgan fingerprint density at radius 3 is 2.69 bits per heavy atom. The third-order valence-corrected chi connectivity index (χ3v) is 5.25. The van der Waals surface area contributed by atoms with Crippen LogP contribution >= 0.6 is 11.3 Å². The van der Waals surface area contributed by atoms with Crippen molar-refractivity contribution in [3.63, 3.8) is 0 Å². The minimum Gasteiger partial charge on any atom is -0.462 e. The molecule has 29 heavy (non-hydrogen) atoms. The van der Waals surface area contributed by atoms with Gasteiger partial charge in [-0.15, -0.1) is 11.3 Å². The van der Waals surface area contributed by atoms with Crippen LogP contribution in [0.25, 0.3) is 0 Å². The molecule has 1 unspecified atom stereocenters. The lowest BCUT2D eigenvalue weighted by Gasteiger charge is -2.17. The summed E-state index contributed by atoms with van der Waals surface area (Å²) in [4.78, 5) is 44.7. The zero-order chi connectivity index (χ0) is 21.0. The van der Waals surface area contributed by atoms with Crippen molar-refractivity contribution in [3.8, 4) is 0 Å². The van der Waals surface area contributed by atoms with E-state index in [1.54, 1.807) is 36.1 Å². The second kappa shape index (κ2) is 9.15. The Morgan fingerprint density at radius 2 is 2.03 bits per heavy atom. The maximum atomic E-state index is 12.6. The molecule has 1 aliphatic rings. The van der Waals surface area contributed by atoms with Crippen LogP contribution < -0.4 is 10.2 Å². The minimum absolute atomic E-state index is 0.124. The number of ether oxygens (including phenoxy) is 1. The SMILES string of the molecule is CCOC(=O)c1ccc(N2CC(C(=O)Nc3nc(CN(C)C)cs3)CC2=O)cc1. The van der Waals surface area contributed by atoms with Crippen molar-refractivity contribution < 1.29 is 19.1 Å². The zero-order valence-electron chi connectivity index (χ0n) is 16.7. The number of esters is 1. The van der Waals surface area contributed by atoms with Crippen molar-refractivity contribution >= 4 is 39.9 Å².